The summed E-state index contributed by atoms with van der Waals surface area (Å²) in [6.45, 7) is 2.06. The Hall–Kier alpha value is -2.60. The summed E-state index contributed by atoms with van der Waals surface area (Å²) < 4.78 is 5.59. The Morgan fingerprint density at radius 3 is 2.76 bits per heavy atom. The molecule has 0 aliphatic carbocycles. The van der Waals surface area contributed by atoms with Gasteiger partial charge in [0.15, 0.2) is 5.84 Å². The maximum absolute atomic E-state index is 8.57. The summed E-state index contributed by atoms with van der Waals surface area (Å²) >= 11 is 0. The maximum Gasteiger partial charge on any atom is 0.170 e. The molecule has 0 fully saturated rings. The third-order valence-electron chi connectivity index (χ3n) is 2.86. The van der Waals surface area contributed by atoms with Crippen molar-refractivity contribution >= 4 is 5.84 Å². The van der Waals surface area contributed by atoms with Crippen molar-refractivity contribution in [2.45, 2.75) is 6.54 Å². The number of benzene rings is 1. The minimum absolute atomic E-state index is 0.0830. The lowest BCUT2D eigenvalue weighted by Crippen LogP contribution is -2.20. The van der Waals surface area contributed by atoms with Crippen molar-refractivity contribution < 1.29 is 9.94 Å². The Bertz CT molecular complexity index is 570. The van der Waals surface area contributed by atoms with Crippen molar-refractivity contribution in [2.24, 2.45) is 10.9 Å². The van der Waals surface area contributed by atoms with Crippen LogP contribution < -0.4 is 15.8 Å². The molecule has 6 nitrogen and oxygen atoms in total. The van der Waals surface area contributed by atoms with Gasteiger partial charge >= 0.3 is 0 Å². The average molecular weight is 286 g/mol. The van der Waals surface area contributed by atoms with E-state index in [-0.39, 0.29) is 5.84 Å². The van der Waals surface area contributed by atoms with Crippen molar-refractivity contribution in [3.63, 3.8) is 0 Å². The van der Waals surface area contributed by atoms with Gasteiger partial charge in [-0.1, -0.05) is 11.2 Å². The summed E-state index contributed by atoms with van der Waals surface area (Å²) in [6, 6.07) is 11.0. The molecule has 2 rings (SSSR count). The minimum Gasteiger partial charge on any atom is -0.492 e. The third kappa shape index (κ3) is 4.77. The van der Waals surface area contributed by atoms with E-state index in [0.29, 0.717) is 12.2 Å². The van der Waals surface area contributed by atoms with Crippen LogP contribution in [0.3, 0.4) is 0 Å². The van der Waals surface area contributed by atoms with Crippen LogP contribution in [0.5, 0.6) is 5.75 Å². The fraction of sp³-hybridized carbons (Fsp3) is 0.200. The molecule has 0 atom stereocenters. The molecular formula is C15H18N4O2. The van der Waals surface area contributed by atoms with E-state index in [2.05, 4.69) is 15.5 Å². The quantitative estimate of drug-likeness (QED) is 0.235. The lowest BCUT2D eigenvalue weighted by Gasteiger charge is -2.08. The summed E-state index contributed by atoms with van der Waals surface area (Å²) in [5, 5.41) is 14.8. The Morgan fingerprint density at radius 2 is 2.10 bits per heavy atom. The zero-order valence-electron chi connectivity index (χ0n) is 11.6. The number of ether oxygens (including phenoxy) is 1. The maximum atomic E-state index is 8.57. The second-order valence-corrected chi connectivity index (χ2v) is 4.40. The van der Waals surface area contributed by atoms with Gasteiger partial charge in [-0.2, -0.15) is 0 Å². The molecule has 4 N–H and O–H groups in total. The standard InChI is InChI=1S/C15H18N4O2/c16-15(19-20)13-3-5-14(6-4-13)21-9-8-18-11-12-2-1-7-17-10-12/h1-7,10,18,20H,8-9,11H2,(H2,16,19). The summed E-state index contributed by atoms with van der Waals surface area (Å²) in [7, 11) is 0. The number of hydrogen-bond acceptors (Lipinski definition) is 5. The molecule has 0 radical (unpaired) electrons. The van der Waals surface area contributed by atoms with Gasteiger partial charge in [0.25, 0.3) is 0 Å². The van der Waals surface area contributed by atoms with Gasteiger partial charge in [-0.25, -0.2) is 0 Å². The van der Waals surface area contributed by atoms with Crippen LogP contribution in [-0.4, -0.2) is 29.2 Å². The van der Waals surface area contributed by atoms with E-state index in [4.69, 9.17) is 15.7 Å². The topological polar surface area (TPSA) is 92.8 Å². The molecule has 1 aromatic heterocycles. The number of pyridine rings is 1. The zero-order chi connectivity index (χ0) is 14.9. The van der Waals surface area contributed by atoms with Gasteiger partial charge in [0.05, 0.1) is 0 Å². The predicted octanol–water partition coefficient (Wildman–Crippen LogP) is 1.34. The van der Waals surface area contributed by atoms with E-state index in [1.807, 2.05) is 18.3 Å². The summed E-state index contributed by atoms with van der Waals surface area (Å²) in [5.74, 6) is 0.826. The summed E-state index contributed by atoms with van der Waals surface area (Å²) in [5.41, 5.74) is 7.28. The number of nitrogens with zero attached hydrogens (tertiary/aromatic N) is 2. The van der Waals surface area contributed by atoms with Gasteiger partial charge in [-0.3, -0.25) is 4.98 Å². The first-order chi connectivity index (χ1) is 10.3. The van der Waals surface area contributed by atoms with Crippen LogP contribution in [0.1, 0.15) is 11.1 Å². The van der Waals surface area contributed by atoms with Gasteiger partial charge in [-0.15, -0.1) is 0 Å². The normalized spacial score (nSPS) is 11.3. The van der Waals surface area contributed by atoms with Crippen molar-refractivity contribution in [1.82, 2.24) is 10.3 Å². The number of hydrogen-bond donors (Lipinski definition) is 3. The van der Waals surface area contributed by atoms with Gasteiger partial charge in [0.1, 0.15) is 12.4 Å². The van der Waals surface area contributed by atoms with Crippen LogP contribution in [0, 0.1) is 0 Å². The number of amidine groups is 1. The fourth-order valence-corrected chi connectivity index (χ4v) is 1.76. The first-order valence-corrected chi connectivity index (χ1v) is 6.60. The van der Waals surface area contributed by atoms with Gasteiger partial charge < -0.3 is 21.0 Å². The van der Waals surface area contributed by atoms with E-state index < -0.39 is 0 Å². The molecule has 0 aliphatic heterocycles. The predicted molar refractivity (Wildman–Crippen MR) is 80.4 cm³/mol. The molecule has 0 saturated heterocycles. The van der Waals surface area contributed by atoms with Crippen molar-refractivity contribution in [3.8, 4) is 5.75 Å². The van der Waals surface area contributed by atoms with E-state index in [9.17, 15) is 0 Å². The average Bonchev–Trinajstić information content (AvgIpc) is 2.55. The molecule has 110 valence electrons. The number of aromatic nitrogens is 1. The molecule has 0 bridgehead atoms. The van der Waals surface area contributed by atoms with Crippen LogP contribution in [0.15, 0.2) is 53.9 Å². The van der Waals surface area contributed by atoms with Gasteiger partial charge in [0, 0.05) is 31.0 Å². The number of oxime groups is 1. The lowest BCUT2D eigenvalue weighted by atomic mass is 10.2. The molecule has 21 heavy (non-hydrogen) atoms. The molecule has 0 aliphatic rings. The smallest absolute Gasteiger partial charge is 0.170 e. The summed E-state index contributed by atoms with van der Waals surface area (Å²) in [4.78, 5) is 4.05. The Balaban J connectivity index is 1.69. The van der Waals surface area contributed by atoms with Crippen LogP contribution in [-0.2, 0) is 6.54 Å². The van der Waals surface area contributed by atoms with Crippen molar-refractivity contribution in [3.05, 3.63) is 59.9 Å². The van der Waals surface area contributed by atoms with Crippen LogP contribution >= 0.6 is 0 Å². The highest BCUT2D eigenvalue weighted by atomic mass is 16.5. The molecule has 2 aromatic rings. The van der Waals surface area contributed by atoms with Crippen LogP contribution in [0.2, 0.25) is 0 Å². The van der Waals surface area contributed by atoms with Crippen molar-refractivity contribution in [1.29, 1.82) is 0 Å². The Morgan fingerprint density at radius 1 is 1.29 bits per heavy atom. The minimum atomic E-state index is 0.0830. The monoisotopic (exact) mass is 286 g/mol. The fourth-order valence-electron chi connectivity index (χ4n) is 1.76. The molecule has 0 unspecified atom stereocenters. The van der Waals surface area contributed by atoms with Gasteiger partial charge in [0.2, 0.25) is 0 Å². The van der Waals surface area contributed by atoms with E-state index >= 15 is 0 Å². The first-order valence-electron chi connectivity index (χ1n) is 6.60. The van der Waals surface area contributed by atoms with E-state index in [1.54, 1.807) is 30.5 Å². The Kier molecular flexibility index (Phi) is 5.54. The largest absolute Gasteiger partial charge is 0.492 e. The highest BCUT2D eigenvalue weighted by Gasteiger charge is 1.99. The number of rotatable bonds is 7. The second-order valence-electron chi connectivity index (χ2n) is 4.40. The highest BCUT2D eigenvalue weighted by molar-refractivity contribution is 5.97. The summed E-state index contributed by atoms with van der Waals surface area (Å²) in [6.07, 6.45) is 3.59. The molecule has 1 heterocycles. The molecule has 1 aromatic carbocycles. The number of nitrogens with one attached hydrogen (secondary N) is 1. The van der Waals surface area contributed by atoms with Crippen LogP contribution in [0.25, 0.3) is 0 Å². The zero-order valence-corrected chi connectivity index (χ0v) is 11.6. The molecule has 0 saturated carbocycles. The van der Waals surface area contributed by atoms with Crippen LogP contribution in [0.4, 0.5) is 0 Å². The molecule has 6 heteroatoms. The second kappa shape index (κ2) is 7.86. The molecular weight excluding hydrogens is 268 g/mol. The highest BCUT2D eigenvalue weighted by Crippen LogP contribution is 2.11. The number of nitrogens with two attached hydrogens (primary N) is 1. The van der Waals surface area contributed by atoms with E-state index in [1.165, 1.54) is 0 Å². The van der Waals surface area contributed by atoms with Crippen molar-refractivity contribution in [2.75, 3.05) is 13.2 Å². The molecule has 0 amide bonds. The van der Waals surface area contributed by atoms with E-state index in [0.717, 1.165) is 24.4 Å². The molecule has 0 spiro atoms. The first kappa shape index (κ1) is 14.8. The Labute approximate surface area is 123 Å². The SMILES string of the molecule is NC(=NO)c1ccc(OCCNCc2cccnc2)cc1. The third-order valence-corrected chi connectivity index (χ3v) is 2.86. The van der Waals surface area contributed by atoms with Gasteiger partial charge in [-0.05, 0) is 35.9 Å². The lowest BCUT2D eigenvalue weighted by molar-refractivity contribution is 0.313.